The number of anilines is 1. The molecule has 1 amide bonds. The summed E-state index contributed by atoms with van der Waals surface area (Å²) in [5.41, 5.74) is 7.76. The fourth-order valence-corrected chi connectivity index (χ4v) is 1.58. The lowest BCUT2D eigenvalue weighted by molar-refractivity contribution is -0.118. The number of carbonyl (C=O) groups excluding carboxylic acids is 1. The van der Waals surface area contributed by atoms with Gasteiger partial charge in [-0.15, -0.1) is 0 Å². The van der Waals surface area contributed by atoms with E-state index in [4.69, 9.17) is 5.73 Å². The first-order chi connectivity index (χ1) is 8.18. The van der Waals surface area contributed by atoms with Crippen LogP contribution in [-0.2, 0) is 11.2 Å². The molecule has 0 atom stereocenters. The quantitative estimate of drug-likeness (QED) is 0.486. The van der Waals surface area contributed by atoms with Crippen molar-refractivity contribution in [2.45, 2.75) is 19.8 Å². The summed E-state index contributed by atoms with van der Waals surface area (Å²) in [6.07, 6.45) is 1.93. The van der Waals surface area contributed by atoms with E-state index in [1.807, 2.05) is 18.2 Å². The van der Waals surface area contributed by atoms with Gasteiger partial charge < -0.3 is 16.4 Å². The fraction of sp³-hybridized carbons (Fsp3) is 0.462. The molecule has 94 valence electrons. The van der Waals surface area contributed by atoms with Gasteiger partial charge in [0.15, 0.2) is 0 Å². The molecule has 0 aromatic heterocycles. The molecule has 0 aliphatic carbocycles. The van der Waals surface area contributed by atoms with E-state index in [1.54, 1.807) is 0 Å². The highest BCUT2D eigenvalue weighted by Crippen LogP contribution is 2.06. The van der Waals surface area contributed by atoms with Gasteiger partial charge in [0.25, 0.3) is 0 Å². The third-order valence-corrected chi connectivity index (χ3v) is 2.45. The van der Waals surface area contributed by atoms with Crippen LogP contribution in [0, 0.1) is 0 Å². The second kappa shape index (κ2) is 7.68. The minimum atomic E-state index is 0.0322. The molecular formula is C13H21N3O. The number of carbonyl (C=O) groups is 1. The highest BCUT2D eigenvalue weighted by Gasteiger charge is 1.94. The van der Waals surface area contributed by atoms with Gasteiger partial charge in [-0.1, -0.05) is 12.1 Å². The zero-order valence-corrected chi connectivity index (χ0v) is 10.3. The van der Waals surface area contributed by atoms with Crippen LogP contribution in [0.4, 0.5) is 5.69 Å². The predicted octanol–water partition coefficient (Wildman–Crippen LogP) is 0.927. The minimum absolute atomic E-state index is 0.0322. The first kappa shape index (κ1) is 13.5. The minimum Gasteiger partial charge on any atom is -0.399 e. The lowest BCUT2D eigenvalue weighted by Crippen LogP contribution is -2.26. The van der Waals surface area contributed by atoms with E-state index in [0.717, 1.165) is 38.2 Å². The second-order valence-electron chi connectivity index (χ2n) is 4.08. The van der Waals surface area contributed by atoms with E-state index in [-0.39, 0.29) is 5.91 Å². The summed E-state index contributed by atoms with van der Waals surface area (Å²) < 4.78 is 0. The lowest BCUT2D eigenvalue weighted by atomic mass is 10.1. The maximum Gasteiger partial charge on any atom is 0.216 e. The highest BCUT2D eigenvalue weighted by atomic mass is 16.1. The summed E-state index contributed by atoms with van der Waals surface area (Å²) in [5.74, 6) is 0.0322. The van der Waals surface area contributed by atoms with Gasteiger partial charge >= 0.3 is 0 Å². The van der Waals surface area contributed by atoms with Crippen molar-refractivity contribution in [2.24, 2.45) is 0 Å². The van der Waals surface area contributed by atoms with Crippen molar-refractivity contribution in [1.29, 1.82) is 0 Å². The van der Waals surface area contributed by atoms with Gasteiger partial charge in [-0.3, -0.25) is 4.79 Å². The molecule has 17 heavy (non-hydrogen) atoms. The number of hydrogen-bond donors (Lipinski definition) is 3. The molecule has 0 radical (unpaired) electrons. The van der Waals surface area contributed by atoms with E-state index in [2.05, 4.69) is 16.7 Å². The zero-order valence-electron chi connectivity index (χ0n) is 10.3. The van der Waals surface area contributed by atoms with Gasteiger partial charge in [0.2, 0.25) is 5.91 Å². The normalized spacial score (nSPS) is 10.2. The van der Waals surface area contributed by atoms with Crippen molar-refractivity contribution in [1.82, 2.24) is 10.6 Å². The van der Waals surface area contributed by atoms with Gasteiger partial charge in [0.1, 0.15) is 0 Å². The number of benzene rings is 1. The number of amides is 1. The second-order valence-corrected chi connectivity index (χ2v) is 4.08. The molecule has 0 heterocycles. The van der Waals surface area contributed by atoms with Crippen LogP contribution in [0.2, 0.25) is 0 Å². The van der Waals surface area contributed by atoms with Crippen molar-refractivity contribution in [3.05, 3.63) is 29.8 Å². The average Bonchev–Trinajstić information content (AvgIpc) is 2.27. The summed E-state index contributed by atoms with van der Waals surface area (Å²) in [4.78, 5) is 10.6. The Labute approximate surface area is 103 Å². The van der Waals surface area contributed by atoms with Crippen molar-refractivity contribution >= 4 is 11.6 Å². The smallest absolute Gasteiger partial charge is 0.216 e. The number of nitrogens with two attached hydrogens (primary N) is 1. The number of rotatable bonds is 7. The van der Waals surface area contributed by atoms with E-state index >= 15 is 0 Å². The molecule has 4 heteroatoms. The van der Waals surface area contributed by atoms with Gasteiger partial charge in [0, 0.05) is 19.2 Å². The molecule has 0 saturated carbocycles. The Bertz CT molecular complexity index is 352. The monoisotopic (exact) mass is 235 g/mol. The molecule has 0 unspecified atom stereocenters. The van der Waals surface area contributed by atoms with Crippen molar-refractivity contribution in [2.75, 3.05) is 25.4 Å². The number of hydrogen-bond acceptors (Lipinski definition) is 3. The van der Waals surface area contributed by atoms with Crippen LogP contribution in [0.5, 0.6) is 0 Å². The Morgan fingerprint density at radius 2 is 2.12 bits per heavy atom. The molecule has 1 aromatic carbocycles. The Balaban J connectivity index is 2.03. The first-order valence-corrected chi connectivity index (χ1v) is 5.98. The number of nitrogens with one attached hydrogen (secondary N) is 2. The molecule has 0 spiro atoms. The van der Waals surface area contributed by atoms with Crippen LogP contribution in [-0.4, -0.2) is 25.5 Å². The van der Waals surface area contributed by atoms with Gasteiger partial charge in [0.05, 0.1) is 0 Å². The molecule has 0 aliphatic rings. The topological polar surface area (TPSA) is 67.2 Å². The van der Waals surface area contributed by atoms with E-state index < -0.39 is 0 Å². The average molecular weight is 235 g/mol. The van der Waals surface area contributed by atoms with Crippen molar-refractivity contribution < 1.29 is 4.79 Å². The van der Waals surface area contributed by atoms with Gasteiger partial charge in [-0.05, 0) is 43.6 Å². The zero-order chi connectivity index (χ0) is 12.5. The van der Waals surface area contributed by atoms with Gasteiger partial charge in [-0.25, -0.2) is 0 Å². The Hall–Kier alpha value is -1.55. The predicted molar refractivity (Wildman–Crippen MR) is 70.7 cm³/mol. The van der Waals surface area contributed by atoms with Crippen LogP contribution < -0.4 is 16.4 Å². The Morgan fingerprint density at radius 3 is 2.82 bits per heavy atom. The summed E-state index contributed by atoms with van der Waals surface area (Å²) in [6.45, 7) is 4.12. The van der Waals surface area contributed by atoms with Gasteiger partial charge in [-0.2, -0.15) is 0 Å². The summed E-state index contributed by atoms with van der Waals surface area (Å²) in [7, 11) is 0. The summed E-state index contributed by atoms with van der Waals surface area (Å²) in [6, 6.07) is 7.94. The molecule has 0 bridgehead atoms. The molecular weight excluding hydrogens is 214 g/mol. The summed E-state index contributed by atoms with van der Waals surface area (Å²) in [5, 5.41) is 6.10. The number of nitrogen functional groups attached to an aromatic ring is 1. The fourth-order valence-electron chi connectivity index (χ4n) is 1.58. The first-order valence-electron chi connectivity index (χ1n) is 5.98. The molecule has 0 saturated heterocycles. The molecule has 0 aliphatic heterocycles. The Kier molecular flexibility index (Phi) is 6.10. The SMILES string of the molecule is CC(=O)NCCCNCCc1cccc(N)c1. The third-order valence-electron chi connectivity index (χ3n) is 2.45. The molecule has 0 fully saturated rings. The van der Waals surface area contributed by atoms with Crippen molar-refractivity contribution in [3.63, 3.8) is 0 Å². The molecule has 4 N–H and O–H groups in total. The highest BCUT2D eigenvalue weighted by molar-refractivity contribution is 5.72. The van der Waals surface area contributed by atoms with Crippen LogP contribution in [0.3, 0.4) is 0 Å². The largest absolute Gasteiger partial charge is 0.399 e. The third kappa shape index (κ3) is 6.58. The van der Waals surface area contributed by atoms with Crippen LogP contribution in [0.25, 0.3) is 0 Å². The molecule has 1 aromatic rings. The van der Waals surface area contributed by atoms with E-state index in [9.17, 15) is 4.79 Å². The van der Waals surface area contributed by atoms with Crippen LogP contribution in [0.15, 0.2) is 24.3 Å². The molecule has 1 rings (SSSR count). The maximum absolute atomic E-state index is 10.6. The van der Waals surface area contributed by atoms with Crippen molar-refractivity contribution in [3.8, 4) is 0 Å². The van der Waals surface area contributed by atoms with Crippen LogP contribution in [0.1, 0.15) is 18.9 Å². The van der Waals surface area contributed by atoms with E-state index in [1.165, 1.54) is 12.5 Å². The maximum atomic E-state index is 10.6. The van der Waals surface area contributed by atoms with E-state index in [0.29, 0.717) is 0 Å². The Morgan fingerprint density at radius 1 is 1.29 bits per heavy atom. The molecule has 4 nitrogen and oxygen atoms in total. The lowest BCUT2D eigenvalue weighted by Gasteiger charge is -2.06. The standard InChI is InChI=1S/C13H21N3O/c1-11(17)16-8-3-7-15-9-6-12-4-2-5-13(14)10-12/h2,4-5,10,15H,3,6-9,14H2,1H3,(H,16,17). The van der Waals surface area contributed by atoms with Crippen LogP contribution >= 0.6 is 0 Å². The summed E-state index contributed by atoms with van der Waals surface area (Å²) >= 11 is 0.